The van der Waals surface area contributed by atoms with Crippen LogP contribution in [-0.2, 0) is 55.6 Å². The Labute approximate surface area is 115 Å². The van der Waals surface area contributed by atoms with Crippen LogP contribution >= 0.6 is 0 Å². The average molecular weight is 228 g/mol. The molecule has 0 heterocycles. The van der Waals surface area contributed by atoms with Crippen molar-refractivity contribution in [2.24, 2.45) is 0 Å². The monoisotopic (exact) mass is 227 g/mol. The van der Waals surface area contributed by atoms with Crippen LogP contribution in [0.15, 0.2) is 0 Å². The van der Waals surface area contributed by atoms with Crippen LogP contribution in [0.2, 0.25) is 0 Å². The summed E-state index contributed by atoms with van der Waals surface area (Å²) in [5.41, 5.74) is 0. The Bertz CT molecular complexity index is 26.5. The standard InChI is InChI=1S/3Li.Mn.2Ni.2O.3H/q3*+1;;;;;;3*-1. The van der Waals surface area contributed by atoms with Gasteiger partial charge in [0, 0.05) is 16.5 Å². The van der Waals surface area contributed by atoms with Gasteiger partial charge in [0.05, 0.1) is 0 Å². The van der Waals surface area contributed by atoms with E-state index in [1.165, 1.54) is 0 Å². The summed E-state index contributed by atoms with van der Waals surface area (Å²) in [6.07, 6.45) is 0. The minimum atomic E-state index is 0. The van der Waals surface area contributed by atoms with E-state index in [1.54, 1.807) is 15.9 Å². The fourth-order valence-electron chi connectivity index (χ4n) is 0. The zero-order valence-corrected chi connectivity index (χ0v) is 7.98. The molecule has 0 rings (SSSR count). The molecule has 0 aromatic carbocycles. The summed E-state index contributed by atoms with van der Waals surface area (Å²) in [6, 6.07) is 0. The number of rotatable bonds is 0. The molecule has 0 spiro atoms. The Morgan fingerprint density at radius 2 is 1.00 bits per heavy atom. The summed E-state index contributed by atoms with van der Waals surface area (Å²) in [6.45, 7) is 0. The fourth-order valence-corrected chi connectivity index (χ4v) is 0. The molecule has 0 N–H and O–H groups in total. The Morgan fingerprint density at radius 3 is 1.00 bits per heavy atom. The van der Waals surface area contributed by atoms with Crippen molar-refractivity contribution >= 4 is 0 Å². The molecule has 0 saturated heterocycles. The Kier molecular flexibility index (Phi) is 519. The van der Waals surface area contributed by atoms with Gasteiger partial charge in [-0.2, -0.15) is 0 Å². The molecule has 0 bridgehead atoms. The van der Waals surface area contributed by atoms with Crippen molar-refractivity contribution in [2.45, 2.75) is 0 Å². The molecule has 0 aromatic rings. The molecule has 0 aromatic heterocycles. The van der Waals surface area contributed by atoms with Crippen molar-refractivity contribution in [1.29, 1.82) is 0 Å². The second-order valence-electron chi connectivity index (χ2n) is 0. The van der Waals surface area contributed by atoms with Crippen LogP contribution in [-0.4, -0.2) is 0 Å². The van der Waals surface area contributed by atoms with E-state index in [0.717, 1.165) is 0 Å². The third-order valence-corrected chi connectivity index (χ3v) is 0. The zero-order chi connectivity index (χ0) is 4.00. The Morgan fingerprint density at radius 1 is 1.00 bits per heavy atom. The fraction of sp³-hybridized carbons (Fsp3) is 0. The van der Waals surface area contributed by atoms with Gasteiger partial charge >= 0.3 is 95.7 Å². The molecule has 2 nitrogen and oxygen atoms in total. The predicted molar refractivity (Wildman–Crippen MR) is 4.71 cm³/mol. The summed E-state index contributed by atoms with van der Waals surface area (Å²) in [7, 11) is 0. The van der Waals surface area contributed by atoms with Crippen LogP contribution in [0.1, 0.15) is 4.28 Å². The number of hydrogen-bond acceptors (Lipinski definition) is 2. The first-order valence-electron chi connectivity index (χ1n) is 0.283. The summed E-state index contributed by atoms with van der Waals surface area (Å²) in [5.74, 6) is 0. The molecule has 8 heavy (non-hydrogen) atoms. The van der Waals surface area contributed by atoms with Crippen LogP contribution in [0.25, 0.3) is 0 Å². The van der Waals surface area contributed by atoms with E-state index in [9.17, 15) is 0 Å². The molecule has 45 valence electrons. The Hall–Kier alpha value is 2.90. The van der Waals surface area contributed by atoms with Crippen molar-refractivity contribution in [3.05, 3.63) is 0 Å². The molecule has 0 unspecified atom stereocenters. The summed E-state index contributed by atoms with van der Waals surface area (Å²) >= 11 is 4.31. The van der Waals surface area contributed by atoms with Gasteiger partial charge in [-0.25, -0.2) is 0 Å². The molecule has 0 atom stereocenters. The molecule has 0 amide bonds. The molecule has 0 aliphatic rings. The van der Waals surface area contributed by atoms with Crippen LogP contribution < -0.4 is 56.6 Å². The molecule has 0 fully saturated rings. The predicted octanol–water partition coefficient (Wildman–Crippen LogP) is -8.90. The van der Waals surface area contributed by atoms with Gasteiger partial charge in [0.25, 0.3) is 0 Å². The van der Waals surface area contributed by atoms with Crippen LogP contribution in [0.5, 0.6) is 0 Å². The van der Waals surface area contributed by atoms with Gasteiger partial charge in [0.1, 0.15) is 0 Å². The molecule has 0 radical (unpaired) electrons. The average Bonchev–Trinajstić information content (AvgIpc) is 1.50. The van der Waals surface area contributed by atoms with Gasteiger partial charge in [-0.3, -0.25) is 0 Å². The number of hydrogen-bond donors (Lipinski definition) is 0. The minimum absolute atomic E-state index is 0. The van der Waals surface area contributed by atoms with Crippen molar-refractivity contribution in [1.82, 2.24) is 0 Å². The van der Waals surface area contributed by atoms with Crippen LogP contribution in [0.4, 0.5) is 0 Å². The molecule has 8 heteroatoms. The van der Waals surface area contributed by atoms with Gasteiger partial charge in [-0.1, -0.05) is 0 Å². The summed E-state index contributed by atoms with van der Waals surface area (Å²) < 4.78 is 15.9. The first kappa shape index (κ1) is 44.5. The van der Waals surface area contributed by atoms with E-state index in [4.69, 9.17) is 7.73 Å². The third kappa shape index (κ3) is 66.1. The topological polar surface area (TPSA) is 34.1 Å². The van der Waals surface area contributed by atoms with E-state index in [0.29, 0.717) is 0 Å². The summed E-state index contributed by atoms with van der Waals surface area (Å²) in [5, 5.41) is 0. The maximum absolute atomic E-state index is 8.06. The second-order valence-corrected chi connectivity index (χ2v) is 0. The van der Waals surface area contributed by atoms with E-state index in [2.05, 4.69) is 15.4 Å². The van der Waals surface area contributed by atoms with Crippen molar-refractivity contribution in [3.8, 4) is 0 Å². The molecular weight excluding hydrogens is 225 g/mol. The van der Waals surface area contributed by atoms with Crippen molar-refractivity contribution in [3.63, 3.8) is 0 Å². The second kappa shape index (κ2) is 93.3. The summed E-state index contributed by atoms with van der Waals surface area (Å²) in [4.78, 5) is 0. The molecule has 0 aliphatic carbocycles. The molecular formula is H3Li3MnNi2O2. The van der Waals surface area contributed by atoms with Gasteiger partial charge < -0.3 is 4.28 Å². The quantitative estimate of drug-likeness (QED) is 0.386. The third-order valence-electron chi connectivity index (χ3n) is 0. The SMILES string of the molecule is [H-].[H-].[H-].[Li+].[Li+].[Li+].[Ni].[O]=[Mn].[O]=[Ni]. The van der Waals surface area contributed by atoms with E-state index < -0.39 is 0 Å². The van der Waals surface area contributed by atoms with Gasteiger partial charge in [0.15, 0.2) is 0 Å². The van der Waals surface area contributed by atoms with Crippen molar-refractivity contribution < 1.29 is 116 Å². The van der Waals surface area contributed by atoms with Gasteiger partial charge in [0.2, 0.25) is 0 Å². The molecule has 0 saturated carbocycles. The van der Waals surface area contributed by atoms with E-state index >= 15 is 0 Å². The van der Waals surface area contributed by atoms with Gasteiger partial charge in [-0.05, 0) is 0 Å². The van der Waals surface area contributed by atoms with Crippen molar-refractivity contribution in [2.75, 3.05) is 0 Å². The normalized spacial score (nSPS) is 1.25. The van der Waals surface area contributed by atoms with Crippen LogP contribution in [0.3, 0.4) is 0 Å². The zero-order valence-electron chi connectivity index (χ0n) is 7.83. The maximum atomic E-state index is 8.06. The molecule has 0 aliphatic heterocycles. The Balaban J connectivity index is -0.000000000635. The first-order chi connectivity index (χ1) is 2.00. The van der Waals surface area contributed by atoms with E-state index in [1.807, 2.05) is 0 Å². The van der Waals surface area contributed by atoms with Crippen LogP contribution in [0, 0.1) is 0 Å². The first-order valence-corrected chi connectivity index (χ1v) is 1.17. The van der Waals surface area contributed by atoms with E-state index in [-0.39, 0.29) is 77.4 Å². The van der Waals surface area contributed by atoms with Gasteiger partial charge in [-0.15, -0.1) is 0 Å².